The van der Waals surface area contributed by atoms with Crippen LogP contribution < -0.4 is 0 Å². The van der Waals surface area contributed by atoms with Crippen LogP contribution in [0.15, 0.2) is 224 Å². The fraction of sp³-hybridized carbons (Fsp3) is 0.0606. The largest absolute Gasteiger partial charge is 0.417 e. The van der Waals surface area contributed by atoms with Gasteiger partial charge in [0.1, 0.15) is 0 Å². The SMILES string of the molecule is FC(F)(F)c1ccc(-c2ccc3c(c2)c2cc(-c4ccc(C(F)(F)F)cc4C(F)(F)F)ccc2n3-c2ccc(-c3nc(-c4ccccc4)cc(-c4ccccc4)n3)cc2-c2cc(-c3ccccc3)nc(-c3ccccc3)n2)c(C(F)(F)F)c1. The highest BCUT2D eigenvalue weighted by Crippen LogP contribution is 2.47. The zero-order valence-corrected chi connectivity index (χ0v) is 42.6. The summed E-state index contributed by atoms with van der Waals surface area (Å²) in [6.07, 6.45) is -20.9. The predicted molar refractivity (Wildman–Crippen MR) is 295 cm³/mol. The highest BCUT2D eigenvalue weighted by Gasteiger charge is 2.40. The van der Waals surface area contributed by atoms with Crippen molar-refractivity contribution in [2.24, 2.45) is 0 Å². The van der Waals surface area contributed by atoms with Gasteiger partial charge in [0.15, 0.2) is 11.6 Å². The molecule has 12 rings (SSSR count). The number of halogens is 12. The van der Waals surface area contributed by atoms with Crippen LogP contribution in [0.1, 0.15) is 22.3 Å². The summed E-state index contributed by atoms with van der Waals surface area (Å²) < 4.78 is 175. The lowest BCUT2D eigenvalue weighted by Gasteiger charge is -2.18. The van der Waals surface area contributed by atoms with Crippen molar-refractivity contribution >= 4 is 21.8 Å². The maximum absolute atomic E-state index is 14.9. The van der Waals surface area contributed by atoms with Gasteiger partial charge in [-0.3, -0.25) is 0 Å². The number of hydrogen-bond acceptors (Lipinski definition) is 4. The van der Waals surface area contributed by atoms with Gasteiger partial charge in [-0.25, -0.2) is 19.9 Å². The van der Waals surface area contributed by atoms with Gasteiger partial charge in [0, 0.05) is 44.2 Å². The molecule has 0 bridgehead atoms. The van der Waals surface area contributed by atoms with Crippen molar-refractivity contribution in [1.29, 1.82) is 0 Å². The van der Waals surface area contributed by atoms with E-state index in [1.54, 1.807) is 22.8 Å². The molecule has 0 unspecified atom stereocenters. The minimum atomic E-state index is -5.29. The van der Waals surface area contributed by atoms with Crippen LogP contribution in [-0.2, 0) is 24.7 Å². The molecule has 0 radical (unpaired) electrons. The molecule has 0 amide bonds. The lowest BCUT2D eigenvalue weighted by atomic mass is 9.94. The normalized spacial score (nSPS) is 12.3. The van der Waals surface area contributed by atoms with Crippen LogP contribution in [0.2, 0.25) is 0 Å². The molecule has 0 aliphatic rings. The summed E-state index contributed by atoms with van der Waals surface area (Å²) in [4.78, 5) is 20.3. The van der Waals surface area contributed by atoms with Crippen LogP contribution in [-0.4, -0.2) is 24.5 Å². The lowest BCUT2D eigenvalue weighted by molar-refractivity contribution is -0.144. The average Bonchev–Trinajstić information content (AvgIpc) is 2.02. The Morgan fingerprint density at radius 2 is 0.627 bits per heavy atom. The Hall–Kier alpha value is -9.90. The van der Waals surface area contributed by atoms with Crippen molar-refractivity contribution in [3.05, 3.63) is 247 Å². The van der Waals surface area contributed by atoms with E-state index in [9.17, 15) is 52.7 Å². The van der Waals surface area contributed by atoms with Crippen LogP contribution >= 0.6 is 0 Å². The van der Waals surface area contributed by atoms with Crippen molar-refractivity contribution < 1.29 is 52.7 Å². The van der Waals surface area contributed by atoms with E-state index < -0.39 is 58.1 Å². The smallest absolute Gasteiger partial charge is 0.309 e. The van der Waals surface area contributed by atoms with E-state index in [1.807, 2.05) is 133 Å². The Morgan fingerprint density at radius 3 is 1.02 bits per heavy atom. The van der Waals surface area contributed by atoms with Gasteiger partial charge >= 0.3 is 24.7 Å². The second kappa shape index (κ2) is 20.6. The van der Waals surface area contributed by atoms with Gasteiger partial charge in [-0.2, -0.15) is 52.7 Å². The number of alkyl halides is 12. The van der Waals surface area contributed by atoms with E-state index in [2.05, 4.69) is 0 Å². The van der Waals surface area contributed by atoms with Gasteiger partial charge in [-0.1, -0.05) is 146 Å². The van der Waals surface area contributed by atoms with Crippen molar-refractivity contribution in [3.8, 4) is 95.7 Å². The topological polar surface area (TPSA) is 56.5 Å². The van der Waals surface area contributed by atoms with Gasteiger partial charge in [0.05, 0.1) is 61.8 Å². The van der Waals surface area contributed by atoms with Crippen molar-refractivity contribution in [2.75, 3.05) is 0 Å². The number of rotatable bonds is 9. The van der Waals surface area contributed by atoms with Crippen LogP contribution in [0.3, 0.4) is 0 Å². The summed E-state index contributed by atoms with van der Waals surface area (Å²) in [6, 6.07) is 56.9. The molecular weight excluding hydrogens is 1090 g/mol. The van der Waals surface area contributed by atoms with E-state index in [-0.39, 0.29) is 45.1 Å². The number of hydrogen-bond donors (Lipinski definition) is 0. The molecule has 3 heterocycles. The summed E-state index contributed by atoms with van der Waals surface area (Å²) in [5.41, 5.74) is -1.19. The average molecular weight is 1130 g/mol. The molecule has 0 aliphatic carbocycles. The molecule has 5 nitrogen and oxygen atoms in total. The Balaban J connectivity index is 1.17. The fourth-order valence-corrected chi connectivity index (χ4v) is 10.3. The summed E-state index contributed by atoms with van der Waals surface area (Å²) in [5, 5.41) is 0.235. The van der Waals surface area contributed by atoms with Gasteiger partial charge in [0.2, 0.25) is 0 Å². The lowest BCUT2D eigenvalue weighted by Crippen LogP contribution is -2.12. The third kappa shape index (κ3) is 10.6. The molecule has 0 saturated heterocycles. The number of fused-ring (bicyclic) bond motifs is 3. The maximum atomic E-state index is 14.9. The summed E-state index contributed by atoms with van der Waals surface area (Å²) in [5.74, 6) is 0.613. The molecule has 0 saturated carbocycles. The highest BCUT2D eigenvalue weighted by atomic mass is 19.4. The molecular formula is C66H37F12N5. The first kappa shape index (κ1) is 53.7. The van der Waals surface area contributed by atoms with Gasteiger partial charge in [-0.15, -0.1) is 0 Å². The minimum Gasteiger partial charge on any atom is -0.309 e. The first-order chi connectivity index (χ1) is 39.7. The summed E-state index contributed by atoms with van der Waals surface area (Å²) >= 11 is 0. The van der Waals surface area contributed by atoms with E-state index in [0.717, 1.165) is 16.7 Å². The predicted octanol–water partition coefficient (Wildman–Crippen LogP) is 19.8. The monoisotopic (exact) mass is 1130 g/mol. The summed E-state index contributed by atoms with van der Waals surface area (Å²) in [7, 11) is 0. The minimum absolute atomic E-state index is 0.00913. The Morgan fingerprint density at radius 1 is 0.265 bits per heavy atom. The molecule has 410 valence electrons. The van der Waals surface area contributed by atoms with Gasteiger partial charge in [-0.05, 0) is 101 Å². The number of aromatic nitrogens is 5. The number of nitrogens with zero attached hydrogens (tertiary/aromatic N) is 5. The first-order valence-corrected chi connectivity index (χ1v) is 25.5. The molecule has 83 heavy (non-hydrogen) atoms. The zero-order chi connectivity index (χ0) is 58.0. The second-order valence-electron chi connectivity index (χ2n) is 19.4. The third-order valence-corrected chi connectivity index (χ3v) is 14.2. The van der Waals surface area contributed by atoms with E-state index in [4.69, 9.17) is 19.9 Å². The van der Waals surface area contributed by atoms with E-state index in [0.29, 0.717) is 81.1 Å². The van der Waals surface area contributed by atoms with Crippen molar-refractivity contribution in [2.45, 2.75) is 24.7 Å². The quantitative estimate of drug-likeness (QED) is 0.135. The first-order valence-electron chi connectivity index (χ1n) is 25.5. The molecule has 17 heteroatoms. The van der Waals surface area contributed by atoms with Gasteiger partial charge < -0.3 is 4.57 Å². The fourth-order valence-electron chi connectivity index (χ4n) is 10.3. The van der Waals surface area contributed by atoms with Crippen LogP contribution in [0.25, 0.3) is 118 Å². The molecule has 0 N–H and O–H groups in total. The molecule has 0 spiro atoms. The Bertz CT molecular complexity index is 4170. The molecule has 0 aliphatic heterocycles. The Labute approximate surface area is 464 Å². The zero-order valence-electron chi connectivity index (χ0n) is 42.6. The molecule has 12 aromatic rings. The van der Waals surface area contributed by atoms with E-state index >= 15 is 0 Å². The van der Waals surface area contributed by atoms with E-state index in [1.165, 1.54) is 36.4 Å². The maximum Gasteiger partial charge on any atom is 0.417 e. The molecule has 3 aromatic heterocycles. The third-order valence-electron chi connectivity index (χ3n) is 14.2. The second-order valence-corrected chi connectivity index (χ2v) is 19.4. The Kier molecular flexibility index (Phi) is 13.3. The molecule has 0 fully saturated rings. The van der Waals surface area contributed by atoms with Crippen molar-refractivity contribution in [3.63, 3.8) is 0 Å². The van der Waals surface area contributed by atoms with Crippen LogP contribution in [0.4, 0.5) is 52.7 Å². The molecule has 9 aromatic carbocycles. The highest BCUT2D eigenvalue weighted by molar-refractivity contribution is 6.12. The molecule has 0 atom stereocenters. The van der Waals surface area contributed by atoms with Crippen LogP contribution in [0, 0.1) is 0 Å². The van der Waals surface area contributed by atoms with Crippen molar-refractivity contribution in [1.82, 2.24) is 24.5 Å². The van der Waals surface area contributed by atoms with Gasteiger partial charge in [0.25, 0.3) is 0 Å². The number of benzene rings is 9. The van der Waals surface area contributed by atoms with Crippen LogP contribution in [0.5, 0.6) is 0 Å². The summed E-state index contributed by atoms with van der Waals surface area (Å²) in [6.45, 7) is 0. The standard InChI is InChI=1S/C66H37F12N5/c67-63(68,69)45-24-26-47(52(34-45)65(73,74)75)42-21-28-58-49(31-42)50-32-43(48-27-25-46(64(70,71)72)35-53(48)66(76,77)78)22-29-59(50)83(58)60-30-23-44(62-80-54(38-13-5-1-6-14-38)36-55(81-62)39-15-7-2-8-16-39)33-51(60)57-37-56(40-17-9-3-10-18-40)79-61(82-57)41-19-11-4-12-20-41/h1-37H.